The molecule has 1 aliphatic rings. The zero-order chi connectivity index (χ0) is 26.5. The highest BCUT2D eigenvalue weighted by Crippen LogP contribution is 2.35. The molecule has 0 saturated carbocycles. The number of anilines is 1. The molecule has 37 heavy (non-hydrogen) atoms. The fourth-order valence-corrected chi connectivity index (χ4v) is 4.69. The molecule has 1 fully saturated rings. The first kappa shape index (κ1) is 26.5. The van der Waals surface area contributed by atoms with Crippen LogP contribution in [0.15, 0.2) is 66.2 Å². The molecule has 0 spiro atoms. The lowest BCUT2D eigenvalue weighted by molar-refractivity contribution is -0.122. The SMILES string of the molecule is CCOc1cc(/C=C2\C(=O)NC(=O)N(c3ccc(OCc4ccccc4Cl)cc3)C2=O)cc(I)c1OC. The van der Waals surface area contributed by atoms with Gasteiger partial charge >= 0.3 is 6.03 Å². The Morgan fingerprint density at radius 3 is 2.43 bits per heavy atom. The van der Waals surface area contributed by atoms with E-state index < -0.39 is 17.8 Å². The number of nitrogens with zero attached hydrogens (tertiary/aromatic N) is 1. The maximum absolute atomic E-state index is 13.3. The minimum atomic E-state index is -0.837. The molecular formula is C27H22ClIN2O6. The summed E-state index contributed by atoms with van der Waals surface area (Å²) < 4.78 is 17.5. The molecule has 0 aromatic heterocycles. The predicted octanol–water partition coefficient (Wildman–Crippen LogP) is 5.60. The Labute approximate surface area is 232 Å². The average Bonchev–Trinajstić information content (AvgIpc) is 2.87. The Balaban J connectivity index is 1.58. The monoisotopic (exact) mass is 632 g/mol. The van der Waals surface area contributed by atoms with Gasteiger partial charge in [-0.05, 0) is 83.6 Å². The Hall–Kier alpha value is -3.57. The van der Waals surface area contributed by atoms with Crippen molar-refractivity contribution in [3.63, 3.8) is 0 Å². The van der Waals surface area contributed by atoms with Gasteiger partial charge in [0.2, 0.25) is 0 Å². The molecule has 4 rings (SSSR count). The van der Waals surface area contributed by atoms with Crippen molar-refractivity contribution >= 4 is 63.8 Å². The van der Waals surface area contributed by atoms with Gasteiger partial charge in [0.1, 0.15) is 17.9 Å². The molecule has 1 N–H and O–H groups in total. The van der Waals surface area contributed by atoms with Crippen molar-refractivity contribution in [2.75, 3.05) is 18.6 Å². The number of ether oxygens (including phenoxy) is 3. The van der Waals surface area contributed by atoms with Crippen LogP contribution in [0.2, 0.25) is 5.02 Å². The number of imide groups is 2. The highest BCUT2D eigenvalue weighted by atomic mass is 127. The van der Waals surface area contributed by atoms with Crippen molar-refractivity contribution in [2.24, 2.45) is 0 Å². The number of nitrogens with one attached hydrogen (secondary N) is 1. The minimum absolute atomic E-state index is 0.193. The zero-order valence-electron chi connectivity index (χ0n) is 19.9. The summed E-state index contributed by atoms with van der Waals surface area (Å²) in [5.41, 5.74) is 1.46. The van der Waals surface area contributed by atoms with Crippen molar-refractivity contribution < 1.29 is 28.6 Å². The fourth-order valence-electron chi connectivity index (χ4n) is 3.66. The summed E-state index contributed by atoms with van der Waals surface area (Å²) in [5.74, 6) is 0.0269. The normalized spacial score (nSPS) is 14.5. The van der Waals surface area contributed by atoms with Crippen molar-refractivity contribution in [3.8, 4) is 17.2 Å². The lowest BCUT2D eigenvalue weighted by atomic mass is 10.1. The first-order valence-corrected chi connectivity index (χ1v) is 12.7. The van der Waals surface area contributed by atoms with Crippen LogP contribution in [0.1, 0.15) is 18.1 Å². The number of rotatable bonds is 8. The van der Waals surface area contributed by atoms with Crippen LogP contribution in [0.4, 0.5) is 10.5 Å². The van der Waals surface area contributed by atoms with Crippen LogP contribution in [0.25, 0.3) is 6.08 Å². The van der Waals surface area contributed by atoms with E-state index in [1.165, 1.54) is 13.2 Å². The second-order valence-electron chi connectivity index (χ2n) is 7.80. The van der Waals surface area contributed by atoms with Gasteiger partial charge < -0.3 is 14.2 Å². The number of halogens is 2. The van der Waals surface area contributed by atoms with E-state index in [1.54, 1.807) is 42.5 Å². The third kappa shape index (κ3) is 5.89. The summed E-state index contributed by atoms with van der Waals surface area (Å²) in [6.45, 7) is 2.51. The predicted molar refractivity (Wildman–Crippen MR) is 148 cm³/mol. The van der Waals surface area contributed by atoms with Gasteiger partial charge in [-0.2, -0.15) is 0 Å². The van der Waals surface area contributed by atoms with Crippen molar-refractivity contribution in [3.05, 3.63) is 86.0 Å². The molecular weight excluding hydrogens is 611 g/mol. The molecule has 1 heterocycles. The molecule has 10 heteroatoms. The Morgan fingerprint density at radius 2 is 1.76 bits per heavy atom. The Kier molecular flexibility index (Phi) is 8.34. The molecule has 0 bridgehead atoms. The van der Waals surface area contributed by atoms with Crippen molar-refractivity contribution in [1.29, 1.82) is 0 Å². The van der Waals surface area contributed by atoms with E-state index in [0.29, 0.717) is 34.4 Å². The van der Waals surface area contributed by atoms with Gasteiger partial charge in [-0.25, -0.2) is 9.69 Å². The molecule has 3 aromatic carbocycles. The summed E-state index contributed by atoms with van der Waals surface area (Å²) in [5, 5.41) is 2.82. The molecule has 8 nitrogen and oxygen atoms in total. The highest BCUT2D eigenvalue weighted by Gasteiger charge is 2.37. The summed E-state index contributed by atoms with van der Waals surface area (Å²) in [4.78, 5) is 39.3. The number of urea groups is 1. The maximum Gasteiger partial charge on any atom is 0.335 e. The summed E-state index contributed by atoms with van der Waals surface area (Å²) in [6, 6.07) is 16.3. The summed E-state index contributed by atoms with van der Waals surface area (Å²) in [6.07, 6.45) is 1.42. The molecule has 1 aliphatic heterocycles. The largest absolute Gasteiger partial charge is 0.492 e. The quantitative estimate of drug-likeness (QED) is 0.198. The molecule has 4 amide bonds. The van der Waals surface area contributed by atoms with Crippen LogP contribution in [-0.2, 0) is 16.2 Å². The number of carbonyl (C=O) groups is 3. The van der Waals surface area contributed by atoms with Crippen LogP contribution in [0.3, 0.4) is 0 Å². The van der Waals surface area contributed by atoms with Crippen LogP contribution < -0.4 is 24.4 Å². The molecule has 3 aromatic rings. The van der Waals surface area contributed by atoms with Crippen molar-refractivity contribution in [1.82, 2.24) is 5.32 Å². The Bertz CT molecular complexity index is 1390. The van der Waals surface area contributed by atoms with Gasteiger partial charge in [0, 0.05) is 10.6 Å². The summed E-state index contributed by atoms with van der Waals surface area (Å²) >= 11 is 8.25. The number of barbiturate groups is 1. The smallest absolute Gasteiger partial charge is 0.335 e. The van der Waals surface area contributed by atoms with Crippen LogP contribution >= 0.6 is 34.2 Å². The van der Waals surface area contributed by atoms with Gasteiger partial charge in [0.15, 0.2) is 11.5 Å². The first-order chi connectivity index (χ1) is 17.8. The van der Waals surface area contributed by atoms with Gasteiger partial charge in [-0.15, -0.1) is 0 Å². The third-order valence-electron chi connectivity index (χ3n) is 5.40. The third-order valence-corrected chi connectivity index (χ3v) is 6.57. The van der Waals surface area contributed by atoms with Gasteiger partial charge in [-0.3, -0.25) is 14.9 Å². The second kappa shape index (κ2) is 11.7. The average molecular weight is 633 g/mol. The number of hydrogen-bond donors (Lipinski definition) is 1. The van der Waals surface area contributed by atoms with E-state index in [4.69, 9.17) is 25.8 Å². The number of methoxy groups -OCH3 is 1. The van der Waals surface area contributed by atoms with Gasteiger partial charge in [0.05, 0.1) is 23.0 Å². The molecule has 1 saturated heterocycles. The van der Waals surface area contributed by atoms with E-state index >= 15 is 0 Å². The molecule has 190 valence electrons. The zero-order valence-corrected chi connectivity index (χ0v) is 22.8. The van der Waals surface area contributed by atoms with E-state index in [2.05, 4.69) is 27.9 Å². The highest BCUT2D eigenvalue weighted by molar-refractivity contribution is 14.1. The maximum atomic E-state index is 13.3. The standard InChI is InChI=1S/C27H22ClIN2O6/c1-3-36-23-14-16(13-22(29)24(23)35-2)12-20-25(32)30-27(34)31(26(20)33)18-8-10-19(11-9-18)37-15-17-6-4-5-7-21(17)28/h4-14H,3,15H2,1-2H3,(H,30,32,34)/b20-12+. The fraction of sp³-hybridized carbons (Fsp3) is 0.148. The van der Waals surface area contributed by atoms with Crippen LogP contribution in [0.5, 0.6) is 17.2 Å². The lowest BCUT2D eigenvalue weighted by Crippen LogP contribution is -2.54. The van der Waals surface area contributed by atoms with Crippen molar-refractivity contribution in [2.45, 2.75) is 13.5 Å². The molecule has 0 atom stereocenters. The Morgan fingerprint density at radius 1 is 1.03 bits per heavy atom. The molecule has 0 aliphatic carbocycles. The van der Waals surface area contributed by atoms with Crippen LogP contribution in [0, 0.1) is 3.57 Å². The number of benzene rings is 3. The van der Waals surface area contributed by atoms with Crippen LogP contribution in [-0.4, -0.2) is 31.6 Å². The number of carbonyl (C=O) groups excluding carboxylic acids is 3. The molecule has 0 unspecified atom stereocenters. The van der Waals surface area contributed by atoms with Gasteiger partial charge in [0.25, 0.3) is 11.8 Å². The number of hydrogen-bond acceptors (Lipinski definition) is 6. The minimum Gasteiger partial charge on any atom is -0.492 e. The molecule has 0 radical (unpaired) electrons. The topological polar surface area (TPSA) is 94.2 Å². The van der Waals surface area contributed by atoms with E-state index in [1.807, 2.05) is 25.1 Å². The van der Waals surface area contributed by atoms with E-state index in [9.17, 15) is 14.4 Å². The first-order valence-electron chi connectivity index (χ1n) is 11.2. The summed E-state index contributed by atoms with van der Waals surface area (Å²) in [7, 11) is 1.53. The van der Waals surface area contributed by atoms with E-state index in [0.717, 1.165) is 14.0 Å². The number of amides is 4. The lowest BCUT2D eigenvalue weighted by Gasteiger charge is -2.26. The van der Waals surface area contributed by atoms with Gasteiger partial charge in [-0.1, -0.05) is 29.8 Å². The van der Waals surface area contributed by atoms with E-state index in [-0.39, 0.29) is 17.9 Å². The second-order valence-corrected chi connectivity index (χ2v) is 9.37.